The normalized spacial score (nSPS) is 15.7. The van der Waals surface area contributed by atoms with Crippen LogP contribution >= 0.6 is 0 Å². The molecule has 0 atom stereocenters. The van der Waals surface area contributed by atoms with Gasteiger partial charge in [-0.05, 0) is 55.8 Å². The van der Waals surface area contributed by atoms with E-state index in [-0.39, 0.29) is 0 Å². The fraction of sp³-hybridized carbons (Fsp3) is 0.524. The van der Waals surface area contributed by atoms with Crippen LogP contribution in [0.4, 0.5) is 11.4 Å². The van der Waals surface area contributed by atoms with Crippen molar-refractivity contribution in [2.24, 2.45) is 5.92 Å². The van der Waals surface area contributed by atoms with Crippen molar-refractivity contribution in [3.63, 3.8) is 0 Å². The van der Waals surface area contributed by atoms with Crippen molar-refractivity contribution in [3.05, 3.63) is 49.1 Å². The van der Waals surface area contributed by atoms with Gasteiger partial charge in [-0.25, -0.2) is 0 Å². The molecule has 0 amide bonds. The number of nitrogens with zero attached hydrogens (tertiary/aromatic N) is 2. The summed E-state index contributed by atoms with van der Waals surface area (Å²) in [6.07, 6.45) is 8.63. The van der Waals surface area contributed by atoms with Gasteiger partial charge >= 0.3 is 0 Å². The number of hydrogen-bond donors (Lipinski definition) is 1. The van der Waals surface area contributed by atoms with Crippen LogP contribution in [0.3, 0.4) is 0 Å². The van der Waals surface area contributed by atoms with Crippen molar-refractivity contribution < 1.29 is 0 Å². The molecule has 24 heavy (non-hydrogen) atoms. The van der Waals surface area contributed by atoms with Gasteiger partial charge in [-0.15, -0.1) is 13.2 Å². The number of benzene rings is 1. The van der Waals surface area contributed by atoms with E-state index in [4.69, 9.17) is 5.73 Å². The van der Waals surface area contributed by atoms with Crippen LogP contribution in [-0.2, 0) is 6.42 Å². The molecule has 1 aliphatic rings. The average Bonchev–Trinajstić information content (AvgIpc) is 2.56. The van der Waals surface area contributed by atoms with Crippen LogP contribution in [0.5, 0.6) is 0 Å². The number of hydrogen-bond acceptors (Lipinski definition) is 3. The van der Waals surface area contributed by atoms with Crippen molar-refractivity contribution >= 4 is 11.4 Å². The lowest BCUT2D eigenvalue weighted by atomic mass is 9.98. The van der Waals surface area contributed by atoms with Crippen LogP contribution in [0.25, 0.3) is 0 Å². The minimum atomic E-state index is 0.843. The molecule has 132 valence electrons. The van der Waals surface area contributed by atoms with Crippen LogP contribution in [-0.4, -0.2) is 37.6 Å². The summed E-state index contributed by atoms with van der Waals surface area (Å²) in [4.78, 5) is 4.79. The quantitative estimate of drug-likeness (QED) is 0.547. The Balaban J connectivity index is 1.87. The number of nitrogen functional groups attached to an aromatic ring is 1. The van der Waals surface area contributed by atoms with Gasteiger partial charge in [0.15, 0.2) is 0 Å². The Morgan fingerprint density at radius 3 is 2.46 bits per heavy atom. The molecule has 3 nitrogen and oxygen atoms in total. The van der Waals surface area contributed by atoms with Crippen LogP contribution in [0.1, 0.15) is 31.7 Å². The molecule has 1 saturated heterocycles. The number of piperidine rings is 1. The van der Waals surface area contributed by atoms with Crippen molar-refractivity contribution in [1.82, 2.24) is 4.90 Å². The fourth-order valence-corrected chi connectivity index (χ4v) is 3.43. The summed E-state index contributed by atoms with van der Waals surface area (Å²) >= 11 is 0. The first kappa shape index (κ1) is 18.6. The van der Waals surface area contributed by atoms with E-state index in [1.54, 1.807) is 0 Å². The lowest BCUT2D eigenvalue weighted by Crippen LogP contribution is -2.33. The maximum absolute atomic E-state index is 6.34. The Bertz CT molecular complexity index is 520. The van der Waals surface area contributed by atoms with Crippen LogP contribution in [0.15, 0.2) is 43.5 Å². The third kappa shape index (κ3) is 5.41. The maximum atomic E-state index is 6.34. The maximum Gasteiger partial charge on any atom is 0.0600 e. The van der Waals surface area contributed by atoms with Crippen LogP contribution < -0.4 is 10.6 Å². The van der Waals surface area contributed by atoms with Gasteiger partial charge < -0.3 is 10.6 Å². The molecule has 0 aromatic heterocycles. The molecule has 0 aliphatic carbocycles. The predicted molar refractivity (Wildman–Crippen MR) is 107 cm³/mol. The molecule has 1 aromatic carbocycles. The van der Waals surface area contributed by atoms with Crippen molar-refractivity contribution in [1.29, 1.82) is 0 Å². The summed E-state index contributed by atoms with van der Waals surface area (Å²) in [6.45, 7) is 15.1. The second kappa shape index (κ2) is 9.53. The standard InChI is InChI=1S/C21H33N3/c1-4-12-23(13-5-2)14-6-7-19-8-9-21(20(22)17-19)24-15-10-18(3)11-16-24/h4-5,8-9,17-18H,1-2,6-7,10-16,22H2,3H3. The van der Waals surface area contributed by atoms with E-state index in [1.165, 1.54) is 24.1 Å². The topological polar surface area (TPSA) is 32.5 Å². The number of anilines is 2. The Morgan fingerprint density at radius 1 is 1.21 bits per heavy atom. The van der Waals surface area contributed by atoms with Gasteiger partial charge in [0.2, 0.25) is 0 Å². The number of aryl methyl sites for hydroxylation is 1. The average molecular weight is 328 g/mol. The van der Waals surface area contributed by atoms with Gasteiger partial charge in [-0.2, -0.15) is 0 Å². The zero-order valence-corrected chi connectivity index (χ0v) is 15.2. The summed E-state index contributed by atoms with van der Waals surface area (Å²) < 4.78 is 0. The van der Waals surface area contributed by atoms with Gasteiger partial charge in [0.1, 0.15) is 0 Å². The molecule has 0 spiro atoms. The first-order valence-electron chi connectivity index (χ1n) is 9.21. The molecule has 1 aliphatic heterocycles. The number of nitrogens with two attached hydrogens (primary N) is 1. The van der Waals surface area contributed by atoms with E-state index >= 15 is 0 Å². The van der Waals surface area contributed by atoms with E-state index in [0.717, 1.165) is 57.2 Å². The summed E-state index contributed by atoms with van der Waals surface area (Å²) in [7, 11) is 0. The first-order valence-corrected chi connectivity index (χ1v) is 9.21. The molecular weight excluding hydrogens is 294 g/mol. The lowest BCUT2D eigenvalue weighted by Gasteiger charge is -2.33. The Labute approximate surface area is 147 Å². The van der Waals surface area contributed by atoms with Gasteiger partial charge in [0.25, 0.3) is 0 Å². The van der Waals surface area contributed by atoms with Crippen LogP contribution in [0, 0.1) is 5.92 Å². The minimum absolute atomic E-state index is 0.843. The molecule has 0 unspecified atom stereocenters. The summed E-state index contributed by atoms with van der Waals surface area (Å²) in [5.74, 6) is 0.843. The SMILES string of the molecule is C=CCN(CC=C)CCCc1ccc(N2CCC(C)CC2)c(N)c1. The largest absolute Gasteiger partial charge is 0.397 e. The highest BCUT2D eigenvalue weighted by Crippen LogP contribution is 2.29. The van der Waals surface area contributed by atoms with Gasteiger partial charge in [0, 0.05) is 26.2 Å². The second-order valence-corrected chi connectivity index (χ2v) is 7.00. The Hall–Kier alpha value is -1.74. The molecule has 0 saturated carbocycles. The highest BCUT2D eigenvalue weighted by Gasteiger charge is 2.17. The second-order valence-electron chi connectivity index (χ2n) is 7.00. The molecule has 0 radical (unpaired) electrons. The Kier molecular flexibility index (Phi) is 7.38. The summed E-state index contributed by atoms with van der Waals surface area (Å²) in [5.41, 5.74) is 9.81. The van der Waals surface area contributed by atoms with Crippen LogP contribution in [0.2, 0.25) is 0 Å². The molecule has 3 heteroatoms. The highest BCUT2D eigenvalue weighted by molar-refractivity contribution is 5.68. The van der Waals surface area contributed by atoms with E-state index in [0.29, 0.717) is 0 Å². The van der Waals surface area contributed by atoms with Crippen molar-refractivity contribution in [3.8, 4) is 0 Å². The van der Waals surface area contributed by atoms with E-state index in [1.807, 2.05) is 12.2 Å². The number of rotatable bonds is 9. The molecule has 1 heterocycles. The van der Waals surface area contributed by atoms with E-state index in [9.17, 15) is 0 Å². The molecular formula is C21H33N3. The van der Waals surface area contributed by atoms with E-state index in [2.05, 4.69) is 48.1 Å². The smallest absolute Gasteiger partial charge is 0.0600 e. The fourth-order valence-electron chi connectivity index (χ4n) is 3.43. The third-order valence-electron chi connectivity index (χ3n) is 4.93. The van der Waals surface area contributed by atoms with Crippen molar-refractivity contribution in [2.45, 2.75) is 32.6 Å². The third-order valence-corrected chi connectivity index (χ3v) is 4.93. The summed E-state index contributed by atoms with van der Waals surface area (Å²) in [6, 6.07) is 6.62. The zero-order valence-electron chi connectivity index (χ0n) is 15.2. The highest BCUT2D eigenvalue weighted by atomic mass is 15.1. The molecule has 2 N–H and O–H groups in total. The van der Waals surface area contributed by atoms with Gasteiger partial charge in [-0.1, -0.05) is 25.1 Å². The predicted octanol–water partition coefficient (Wildman–Crippen LogP) is 4.11. The van der Waals surface area contributed by atoms with Gasteiger partial charge in [-0.3, -0.25) is 4.90 Å². The molecule has 2 rings (SSSR count). The molecule has 1 aromatic rings. The Morgan fingerprint density at radius 2 is 1.88 bits per heavy atom. The zero-order chi connectivity index (χ0) is 17.4. The minimum Gasteiger partial charge on any atom is -0.397 e. The first-order chi connectivity index (χ1) is 11.6. The molecule has 1 fully saturated rings. The summed E-state index contributed by atoms with van der Waals surface area (Å²) in [5, 5.41) is 0. The van der Waals surface area contributed by atoms with E-state index < -0.39 is 0 Å². The van der Waals surface area contributed by atoms with Gasteiger partial charge in [0.05, 0.1) is 11.4 Å². The lowest BCUT2D eigenvalue weighted by molar-refractivity contribution is 0.330. The molecule has 0 bridgehead atoms. The van der Waals surface area contributed by atoms with Crippen molar-refractivity contribution in [2.75, 3.05) is 43.4 Å². The monoisotopic (exact) mass is 327 g/mol.